The molecule has 3 nitrogen and oxygen atoms in total. The number of rotatable bonds is 2. The van der Waals surface area contributed by atoms with Crippen molar-refractivity contribution in [1.82, 2.24) is 10.3 Å². The standard InChI is InChI=1S/C12H14N2O/c1-10-6-8-13-9-12(10)5-3-4-7-14-11(2)15/h6,8-9H,4,7H2,1-2H3,(H,14,15). The Hall–Kier alpha value is -1.82. The smallest absolute Gasteiger partial charge is 0.216 e. The van der Waals surface area contributed by atoms with Gasteiger partial charge in [0.2, 0.25) is 5.91 Å². The van der Waals surface area contributed by atoms with Crippen molar-refractivity contribution < 1.29 is 4.79 Å². The monoisotopic (exact) mass is 202 g/mol. The van der Waals surface area contributed by atoms with Gasteiger partial charge in [0.15, 0.2) is 0 Å². The van der Waals surface area contributed by atoms with E-state index in [9.17, 15) is 4.79 Å². The van der Waals surface area contributed by atoms with Crippen molar-refractivity contribution in [2.75, 3.05) is 6.54 Å². The van der Waals surface area contributed by atoms with Crippen LogP contribution in [0.3, 0.4) is 0 Å². The molecule has 1 N–H and O–H groups in total. The first-order valence-corrected chi connectivity index (χ1v) is 4.84. The molecule has 0 unspecified atom stereocenters. The molecule has 3 heteroatoms. The highest BCUT2D eigenvalue weighted by atomic mass is 16.1. The van der Waals surface area contributed by atoms with E-state index in [0.29, 0.717) is 13.0 Å². The second-order valence-corrected chi connectivity index (χ2v) is 3.23. The van der Waals surface area contributed by atoms with Crippen LogP contribution in [-0.2, 0) is 4.79 Å². The zero-order valence-corrected chi connectivity index (χ0v) is 9.00. The van der Waals surface area contributed by atoms with Crippen LogP contribution in [0.5, 0.6) is 0 Å². The molecule has 0 radical (unpaired) electrons. The molecule has 0 saturated heterocycles. The molecule has 0 aromatic carbocycles. The fourth-order valence-corrected chi connectivity index (χ4v) is 1.05. The minimum Gasteiger partial charge on any atom is -0.355 e. The van der Waals surface area contributed by atoms with E-state index in [1.165, 1.54) is 6.92 Å². The molecule has 1 aromatic heterocycles. The average molecular weight is 202 g/mol. The summed E-state index contributed by atoms with van der Waals surface area (Å²) < 4.78 is 0. The molecule has 0 aliphatic heterocycles. The number of carbonyl (C=O) groups excluding carboxylic acids is 1. The molecule has 0 aliphatic rings. The predicted molar refractivity (Wildman–Crippen MR) is 59.2 cm³/mol. The highest BCUT2D eigenvalue weighted by Crippen LogP contribution is 2.01. The van der Waals surface area contributed by atoms with E-state index in [2.05, 4.69) is 22.1 Å². The predicted octanol–water partition coefficient (Wildman–Crippen LogP) is 1.27. The summed E-state index contributed by atoms with van der Waals surface area (Å²) in [6, 6.07) is 1.93. The Bertz CT molecular complexity index is 402. The number of nitrogens with zero attached hydrogens (tertiary/aromatic N) is 1. The largest absolute Gasteiger partial charge is 0.355 e. The molecule has 0 fully saturated rings. The summed E-state index contributed by atoms with van der Waals surface area (Å²) in [6.07, 6.45) is 4.16. The van der Waals surface area contributed by atoms with E-state index >= 15 is 0 Å². The second kappa shape index (κ2) is 5.82. The van der Waals surface area contributed by atoms with Gasteiger partial charge in [-0.1, -0.05) is 11.8 Å². The fraction of sp³-hybridized carbons (Fsp3) is 0.333. The summed E-state index contributed by atoms with van der Waals surface area (Å²) >= 11 is 0. The molecule has 1 amide bonds. The Morgan fingerprint density at radius 2 is 2.40 bits per heavy atom. The lowest BCUT2D eigenvalue weighted by molar-refractivity contribution is -0.118. The number of carbonyl (C=O) groups is 1. The minimum atomic E-state index is -0.0191. The van der Waals surface area contributed by atoms with Crippen LogP contribution in [0.1, 0.15) is 24.5 Å². The van der Waals surface area contributed by atoms with Gasteiger partial charge in [0.25, 0.3) is 0 Å². The van der Waals surface area contributed by atoms with Crippen molar-refractivity contribution in [2.45, 2.75) is 20.3 Å². The highest BCUT2D eigenvalue weighted by Gasteiger charge is 1.91. The van der Waals surface area contributed by atoms with Gasteiger partial charge in [0.05, 0.1) is 0 Å². The second-order valence-electron chi connectivity index (χ2n) is 3.23. The lowest BCUT2D eigenvalue weighted by Gasteiger charge is -1.96. The Kier molecular flexibility index (Phi) is 4.36. The van der Waals surface area contributed by atoms with Crippen molar-refractivity contribution in [3.05, 3.63) is 29.6 Å². The molecule has 0 aliphatic carbocycles. The summed E-state index contributed by atoms with van der Waals surface area (Å²) in [4.78, 5) is 14.6. The maximum absolute atomic E-state index is 10.6. The number of nitrogens with one attached hydrogen (secondary N) is 1. The Morgan fingerprint density at radius 3 is 3.07 bits per heavy atom. The molecule has 1 aromatic rings. The van der Waals surface area contributed by atoms with Crippen LogP contribution in [0.4, 0.5) is 0 Å². The first-order valence-electron chi connectivity index (χ1n) is 4.84. The summed E-state index contributed by atoms with van der Waals surface area (Å²) in [6.45, 7) is 4.10. The molecule has 15 heavy (non-hydrogen) atoms. The maximum Gasteiger partial charge on any atom is 0.216 e. The Labute approximate surface area is 89.9 Å². The number of pyridine rings is 1. The molecule has 1 heterocycles. The van der Waals surface area contributed by atoms with Gasteiger partial charge >= 0.3 is 0 Å². The number of aromatic nitrogens is 1. The lowest BCUT2D eigenvalue weighted by Crippen LogP contribution is -2.20. The third-order valence-electron chi connectivity index (χ3n) is 1.89. The van der Waals surface area contributed by atoms with E-state index < -0.39 is 0 Å². The van der Waals surface area contributed by atoms with Crippen molar-refractivity contribution in [1.29, 1.82) is 0 Å². The van der Waals surface area contributed by atoms with Gasteiger partial charge in [-0.25, -0.2) is 0 Å². The van der Waals surface area contributed by atoms with Gasteiger partial charge in [-0.05, 0) is 18.6 Å². The quantitative estimate of drug-likeness (QED) is 0.579. The van der Waals surface area contributed by atoms with Gasteiger partial charge in [0, 0.05) is 37.8 Å². The zero-order valence-electron chi connectivity index (χ0n) is 9.00. The molecule has 0 atom stereocenters. The van der Waals surface area contributed by atoms with E-state index in [1.807, 2.05) is 13.0 Å². The first-order chi connectivity index (χ1) is 7.20. The van der Waals surface area contributed by atoms with Crippen molar-refractivity contribution in [2.24, 2.45) is 0 Å². The van der Waals surface area contributed by atoms with Crippen LogP contribution in [0.2, 0.25) is 0 Å². The van der Waals surface area contributed by atoms with E-state index in [1.54, 1.807) is 12.4 Å². The van der Waals surface area contributed by atoms with Crippen LogP contribution >= 0.6 is 0 Å². The molecule has 0 spiro atoms. The van der Waals surface area contributed by atoms with Crippen molar-refractivity contribution in [3.63, 3.8) is 0 Å². The normalized spacial score (nSPS) is 8.93. The summed E-state index contributed by atoms with van der Waals surface area (Å²) in [5.41, 5.74) is 2.07. The van der Waals surface area contributed by atoms with Crippen LogP contribution < -0.4 is 5.32 Å². The third kappa shape index (κ3) is 4.28. The SMILES string of the molecule is CC(=O)NCCC#Cc1cnccc1C. The number of amides is 1. The molecular weight excluding hydrogens is 188 g/mol. The third-order valence-corrected chi connectivity index (χ3v) is 1.89. The maximum atomic E-state index is 10.6. The summed E-state index contributed by atoms with van der Waals surface area (Å²) in [5.74, 6) is 6.00. The first kappa shape index (κ1) is 11.3. The average Bonchev–Trinajstić information content (AvgIpc) is 2.20. The minimum absolute atomic E-state index is 0.0191. The molecule has 1 rings (SSSR count). The van der Waals surface area contributed by atoms with Crippen LogP contribution in [0.15, 0.2) is 18.5 Å². The fourth-order valence-electron chi connectivity index (χ4n) is 1.05. The van der Waals surface area contributed by atoms with Gasteiger partial charge in [-0.2, -0.15) is 0 Å². The van der Waals surface area contributed by atoms with Crippen LogP contribution in [-0.4, -0.2) is 17.4 Å². The van der Waals surface area contributed by atoms with Gasteiger partial charge < -0.3 is 5.32 Å². The Balaban J connectivity index is 2.45. The molecular formula is C12H14N2O. The molecule has 0 bridgehead atoms. The van der Waals surface area contributed by atoms with Crippen molar-refractivity contribution >= 4 is 5.91 Å². The lowest BCUT2D eigenvalue weighted by atomic mass is 10.2. The zero-order chi connectivity index (χ0) is 11.1. The van der Waals surface area contributed by atoms with Crippen LogP contribution in [0, 0.1) is 18.8 Å². The summed E-state index contributed by atoms with van der Waals surface area (Å²) in [7, 11) is 0. The molecule has 0 saturated carbocycles. The number of hydrogen-bond acceptors (Lipinski definition) is 2. The van der Waals surface area contributed by atoms with E-state index in [0.717, 1.165) is 11.1 Å². The van der Waals surface area contributed by atoms with E-state index in [-0.39, 0.29) is 5.91 Å². The van der Waals surface area contributed by atoms with Gasteiger partial charge in [-0.3, -0.25) is 9.78 Å². The van der Waals surface area contributed by atoms with Gasteiger partial charge in [-0.15, -0.1) is 0 Å². The molecule has 78 valence electrons. The van der Waals surface area contributed by atoms with E-state index in [4.69, 9.17) is 0 Å². The number of hydrogen-bond donors (Lipinski definition) is 1. The number of aryl methyl sites for hydroxylation is 1. The summed E-state index contributed by atoms with van der Waals surface area (Å²) in [5, 5.41) is 2.69. The highest BCUT2D eigenvalue weighted by molar-refractivity contribution is 5.72. The van der Waals surface area contributed by atoms with Crippen LogP contribution in [0.25, 0.3) is 0 Å². The van der Waals surface area contributed by atoms with Gasteiger partial charge in [0.1, 0.15) is 0 Å². The Morgan fingerprint density at radius 1 is 1.60 bits per heavy atom. The van der Waals surface area contributed by atoms with Crippen molar-refractivity contribution in [3.8, 4) is 11.8 Å². The topological polar surface area (TPSA) is 42.0 Å².